The van der Waals surface area contributed by atoms with Crippen LogP contribution >= 0.6 is 0 Å². The van der Waals surface area contributed by atoms with Crippen molar-refractivity contribution in [3.8, 4) is 0 Å². The molecule has 0 radical (unpaired) electrons. The van der Waals surface area contributed by atoms with Crippen molar-refractivity contribution in [2.45, 2.75) is 51.6 Å². The van der Waals surface area contributed by atoms with Crippen LogP contribution in [0.1, 0.15) is 50.4 Å². The molecular weight excluding hydrogens is 306 g/mol. The topological polar surface area (TPSA) is 35.1 Å². The van der Waals surface area contributed by atoms with Crippen LogP contribution in [0, 0.1) is 12.7 Å². The molecule has 1 N–H and O–H groups in total. The smallest absolute Gasteiger partial charge is 0.416 e. The van der Waals surface area contributed by atoms with Gasteiger partial charge in [0.25, 0.3) is 0 Å². The first-order valence-corrected chi connectivity index (χ1v) is 7.54. The molecule has 2 atom stereocenters. The Kier molecular flexibility index (Phi) is 5.34. The second-order valence-electron chi connectivity index (χ2n) is 5.89. The van der Waals surface area contributed by atoms with Crippen LogP contribution in [0.2, 0.25) is 0 Å². The average Bonchev–Trinajstić information content (AvgIpc) is 2.28. The van der Waals surface area contributed by atoms with Gasteiger partial charge in [-0.1, -0.05) is 0 Å². The Labute approximate surface area is 125 Å². The molecule has 0 aromatic heterocycles. The summed E-state index contributed by atoms with van der Waals surface area (Å²) in [7, 11) is 0. The molecule has 120 valence electrons. The van der Waals surface area contributed by atoms with Crippen molar-refractivity contribution in [2.75, 3.05) is 0 Å². The third kappa shape index (κ3) is 4.59. The van der Waals surface area contributed by atoms with Crippen LogP contribution < -0.4 is 4.72 Å². The zero-order chi connectivity index (χ0) is 16.6. The van der Waals surface area contributed by atoms with E-state index < -0.39 is 39.7 Å². The van der Waals surface area contributed by atoms with Gasteiger partial charge in [0.05, 0.1) is 11.6 Å². The van der Waals surface area contributed by atoms with Crippen molar-refractivity contribution in [3.05, 3.63) is 34.6 Å². The van der Waals surface area contributed by atoms with Gasteiger partial charge in [0, 0.05) is 11.4 Å². The molecule has 1 unspecified atom stereocenters. The third-order valence-corrected chi connectivity index (χ3v) is 4.70. The molecule has 0 aliphatic carbocycles. The van der Waals surface area contributed by atoms with Crippen LogP contribution in [0.15, 0.2) is 12.1 Å². The molecule has 0 bridgehead atoms. The average molecular weight is 325 g/mol. The summed E-state index contributed by atoms with van der Waals surface area (Å²) in [6, 6.07) is 0.857. The van der Waals surface area contributed by atoms with Crippen LogP contribution in [0.3, 0.4) is 0 Å². The highest BCUT2D eigenvalue weighted by Gasteiger charge is 2.35. The summed E-state index contributed by atoms with van der Waals surface area (Å²) < 4.78 is 66.3. The lowest BCUT2D eigenvalue weighted by Crippen LogP contribution is -2.40. The van der Waals surface area contributed by atoms with Crippen molar-refractivity contribution in [1.29, 1.82) is 0 Å². The van der Waals surface area contributed by atoms with Crippen molar-refractivity contribution in [1.82, 2.24) is 4.72 Å². The Balaban J connectivity index is 3.16. The summed E-state index contributed by atoms with van der Waals surface area (Å²) in [4.78, 5) is 0. The van der Waals surface area contributed by atoms with E-state index >= 15 is 0 Å². The SMILES string of the molecule is Cc1c(C(C)N[S@+]([O-])C(C)(C)C)cc(F)cc1C(F)(F)F. The number of nitrogens with one attached hydrogen (secondary N) is 1. The van der Waals surface area contributed by atoms with Crippen LogP contribution in [0.25, 0.3) is 0 Å². The van der Waals surface area contributed by atoms with E-state index in [-0.39, 0.29) is 11.1 Å². The Morgan fingerprint density at radius 1 is 1.19 bits per heavy atom. The lowest BCUT2D eigenvalue weighted by molar-refractivity contribution is -0.138. The second-order valence-corrected chi connectivity index (χ2v) is 7.88. The molecule has 1 aromatic carbocycles. The van der Waals surface area contributed by atoms with E-state index in [1.165, 1.54) is 6.92 Å². The molecule has 0 saturated heterocycles. The van der Waals surface area contributed by atoms with Gasteiger partial charge >= 0.3 is 6.18 Å². The number of hydrogen-bond acceptors (Lipinski definition) is 2. The molecule has 0 heterocycles. The summed E-state index contributed by atoms with van der Waals surface area (Å²) in [6.45, 7) is 8.06. The number of rotatable bonds is 3. The van der Waals surface area contributed by atoms with Crippen LogP contribution in [-0.4, -0.2) is 9.30 Å². The Hall–Kier alpha value is -0.790. The van der Waals surface area contributed by atoms with Crippen LogP contribution in [0.5, 0.6) is 0 Å². The van der Waals surface area contributed by atoms with Gasteiger partial charge in [0.2, 0.25) is 0 Å². The highest BCUT2D eigenvalue weighted by atomic mass is 32.2. The number of hydrogen-bond donors (Lipinski definition) is 1. The van der Waals surface area contributed by atoms with Crippen molar-refractivity contribution in [3.63, 3.8) is 0 Å². The third-order valence-electron chi connectivity index (χ3n) is 3.02. The maximum atomic E-state index is 13.5. The van der Waals surface area contributed by atoms with E-state index in [9.17, 15) is 22.1 Å². The maximum absolute atomic E-state index is 13.5. The van der Waals surface area contributed by atoms with Gasteiger partial charge in [-0.2, -0.15) is 13.2 Å². The minimum Gasteiger partial charge on any atom is -0.598 e. The monoisotopic (exact) mass is 325 g/mol. The highest BCUT2D eigenvalue weighted by Crippen LogP contribution is 2.35. The van der Waals surface area contributed by atoms with Gasteiger partial charge in [-0.25, -0.2) is 4.39 Å². The van der Waals surface area contributed by atoms with E-state index in [0.717, 1.165) is 6.07 Å². The van der Waals surface area contributed by atoms with E-state index in [1.807, 2.05) is 0 Å². The van der Waals surface area contributed by atoms with E-state index in [1.54, 1.807) is 27.7 Å². The quantitative estimate of drug-likeness (QED) is 0.665. The molecule has 2 nitrogen and oxygen atoms in total. The first-order chi connectivity index (χ1) is 9.34. The molecule has 21 heavy (non-hydrogen) atoms. The lowest BCUT2D eigenvalue weighted by atomic mass is 9.97. The molecule has 0 aliphatic heterocycles. The molecule has 0 spiro atoms. The van der Waals surface area contributed by atoms with Crippen LogP contribution in [-0.2, 0) is 17.5 Å². The molecule has 7 heteroatoms. The van der Waals surface area contributed by atoms with Gasteiger partial charge in [-0.3, -0.25) is 0 Å². The molecule has 0 aliphatic rings. The van der Waals surface area contributed by atoms with Crippen LogP contribution in [0.4, 0.5) is 17.6 Å². The zero-order valence-corrected chi connectivity index (χ0v) is 13.4. The summed E-state index contributed by atoms with van der Waals surface area (Å²) in [5.74, 6) is -0.960. The fourth-order valence-corrected chi connectivity index (χ4v) is 2.65. The van der Waals surface area contributed by atoms with E-state index in [4.69, 9.17) is 0 Å². The number of alkyl halides is 3. The van der Waals surface area contributed by atoms with E-state index in [2.05, 4.69) is 4.72 Å². The Bertz CT molecular complexity index is 511. The Morgan fingerprint density at radius 3 is 2.14 bits per heavy atom. The highest BCUT2D eigenvalue weighted by molar-refractivity contribution is 7.90. The predicted molar refractivity (Wildman–Crippen MR) is 75.6 cm³/mol. The normalized spacial score (nSPS) is 15.9. The lowest BCUT2D eigenvalue weighted by Gasteiger charge is -2.27. The van der Waals surface area contributed by atoms with Crippen molar-refractivity contribution in [2.24, 2.45) is 0 Å². The Morgan fingerprint density at radius 2 is 1.71 bits per heavy atom. The number of halogens is 4. The standard InChI is InChI=1S/C14H19F4NOS/c1-8-11(9(2)19-21(20)13(3,4)5)6-10(15)7-12(8)14(16,17)18/h6-7,9,19H,1-5H3/t9?,21-/m1/s1. The van der Waals surface area contributed by atoms with Gasteiger partial charge < -0.3 is 4.55 Å². The fourth-order valence-electron chi connectivity index (χ4n) is 1.85. The zero-order valence-electron chi connectivity index (χ0n) is 12.6. The fraction of sp³-hybridized carbons (Fsp3) is 0.571. The summed E-state index contributed by atoms with van der Waals surface area (Å²) in [5, 5.41) is 0. The van der Waals surface area contributed by atoms with Gasteiger partial charge in [-0.15, -0.1) is 4.72 Å². The first-order valence-electron chi connectivity index (χ1n) is 6.39. The first kappa shape index (κ1) is 18.3. The van der Waals surface area contributed by atoms with Gasteiger partial charge in [-0.05, 0) is 57.9 Å². The summed E-state index contributed by atoms with van der Waals surface area (Å²) in [6.07, 6.45) is -4.62. The molecule has 1 rings (SSSR count). The maximum Gasteiger partial charge on any atom is 0.416 e. The van der Waals surface area contributed by atoms with Gasteiger partial charge in [0.1, 0.15) is 10.6 Å². The molecule has 1 aromatic rings. The summed E-state index contributed by atoms with van der Waals surface area (Å²) >= 11 is -1.46. The summed E-state index contributed by atoms with van der Waals surface area (Å²) in [5.41, 5.74) is -0.914. The van der Waals surface area contributed by atoms with Gasteiger partial charge in [0.15, 0.2) is 0 Å². The molecular formula is C14H19F4NOS. The predicted octanol–water partition coefficient (Wildman–Crippen LogP) is 4.27. The van der Waals surface area contributed by atoms with Crippen molar-refractivity contribution < 1.29 is 22.1 Å². The minimum atomic E-state index is -4.62. The molecule has 0 saturated carbocycles. The molecule has 0 fully saturated rings. The van der Waals surface area contributed by atoms with E-state index in [0.29, 0.717) is 6.07 Å². The minimum absolute atomic E-state index is 0.0604. The number of benzene rings is 1. The van der Waals surface area contributed by atoms with Crippen molar-refractivity contribution >= 4 is 11.4 Å². The largest absolute Gasteiger partial charge is 0.598 e. The second kappa shape index (κ2) is 6.14. The molecule has 0 amide bonds.